The van der Waals surface area contributed by atoms with Crippen molar-refractivity contribution in [2.45, 2.75) is 19.8 Å². The van der Waals surface area contributed by atoms with Crippen molar-refractivity contribution in [1.82, 2.24) is 10.2 Å². The van der Waals surface area contributed by atoms with Crippen LogP contribution in [0.5, 0.6) is 0 Å². The van der Waals surface area contributed by atoms with Gasteiger partial charge < -0.3 is 5.43 Å². The molecule has 0 saturated heterocycles. The average Bonchev–Trinajstić information content (AvgIpc) is 2.39. The normalized spacial score (nSPS) is 10.6. The van der Waals surface area contributed by atoms with Crippen LogP contribution in [0.1, 0.15) is 25.3 Å². The maximum atomic E-state index is 5.32. The molecule has 0 amide bonds. The number of aromatic nitrogens is 2. The second-order valence-electron chi connectivity index (χ2n) is 4.25. The molecule has 0 spiro atoms. The van der Waals surface area contributed by atoms with E-state index in [4.69, 9.17) is 5.84 Å². The zero-order chi connectivity index (χ0) is 12.3. The Morgan fingerprint density at radius 1 is 1.18 bits per heavy atom. The van der Waals surface area contributed by atoms with E-state index >= 15 is 0 Å². The molecule has 0 unspecified atom stereocenters. The molecular formula is C13H16N4. The van der Waals surface area contributed by atoms with Gasteiger partial charge in [0.1, 0.15) is 0 Å². The molecule has 88 valence electrons. The minimum Gasteiger partial charge on any atom is -0.307 e. The summed E-state index contributed by atoms with van der Waals surface area (Å²) in [6.07, 6.45) is 1.74. The molecule has 4 heteroatoms. The number of nitrogens with zero attached hydrogens (tertiary/aromatic N) is 2. The van der Waals surface area contributed by atoms with Crippen molar-refractivity contribution in [3.8, 4) is 11.1 Å². The second kappa shape index (κ2) is 4.93. The van der Waals surface area contributed by atoms with Crippen LogP contribution >= 0.6 is 0 Å². The lowest BCUT2D eigenvalue weighted by molar-refractivity contribution is 0.867. The summed E-state index contributed by atoms with van der Waals surface area (Å²) in [4.78, 5) is 0. The van der Waals surface area contributed by atoms with E-state index in [1.165, 1.54) is 5.56 Å². The molecule has 3 N–H and O–H groups in total. The van der Waals surface area contributed by atoms with Gasteiger partial charge in [0.2, 0.25) is 0 Å². The largest absolute Gasteiger partial charge is 0.307 e. The minimum absolute atomic E-state index is 0.511. The van der Waals surface area contributed by atoms with Crippen molar-refractivity contribution in [2.75, 3.05) is 5.43 Å². The lowest BCUT2D eigenvalue weighted by Gasteiger charge is -2.08. The fourth-order valence-corrected chi connectivity index (χ4v) is 1.67. The van der Waals surface area contributed by atoms with Gasteiger partial charge in [-0.15, -0.1) is 5.10 Å². The molecule has 4 nitrogen and oxygen atoms in total. The summed E-state index contributed by atoms with van der Waals surface area (Å²) in [5.74, 6) is 6.40. The number of hydrazine groups is 1. The molecule has 0 aliphatic carbocycles. The van der Waals surface area contributed by atoms with Crippen molar-refractivity contribution in [1.29, 1.82) is 0 Å². The fourth-order valence-electron chi connectivity index (χ4n) is 1.67. The quantitative estimate of drug-likeness (QED) is 0.626. The Bertz CT molecular complexity index is 508. The molecule has 0 atom stereocenters. The zero-order valence-corrected chi connectivity index (χ0v) is 10.0. The lowest BCUT2D eigenvalue weighted by Crippen LogP contribution is -2.09. The topological polar surface area (TPSA) is 63.8 Å². The van der Waals surface area contributed by atoms with Gasteiger partial charge in [-0.25, -0.2) is 5.84 Å². The Hall–Kier alpha value is -1.94. The molecule has 0 fully saturated rings. The molecule has 0 radical (unpaired) electrons. The predicted molar refractivity (Wildman–Crippen MR) is 69.4 cm³/mol. The summed E-state index contributed by atoms with van der Waals surface area (Å²) in [6, 6.07) is 10.3. The monoisotopic (exact) mass is 228 g/mol. The molecule has 0 aliphatic rings. The highest BCUT2D eigenvalue weighted by molar-refractivity contribution is 5.65. The van der Waals surface area contributed by atoms with Gasteiger partial charge in [0.05, 0.1) is 6.20 Å². The highest BCUT2D eigenvalue weighted by Crippen LogP contribution is 2.24. The molecule has 2 rings (SSSR count). The standard InChI is InChI=1S/C13H16N4/c1-9(2)10-4-3-5-11(6-10)12-7-13(16-14)17-15-8-12/h3-9H,14H2,1-2H3,(H,16,17). The van der Waals surface area contributed by atoms with Crippen molar-refractivity contribution in [3.63, 3.8) is 0 Å². The molecule has 1 aromatic heterocycles. The maximum absolute atomic E-state index is 5.32. The minimum atomic E-state index is 0.511. The number of hydrogen-bond donors (Lipinski definition) is 2. The highest BCUT2D eigenvalue weighted by Gasteiger charge is 2.04. The molecular weight excluding hydrogens is 212 g/mol. The number of benzene rings is 1. The van der Waals surface area contributed by atoms with Crippen LogP contribution in [0.3, 0.4) is 0 Å². The van der Waals surface area contributed by atoms with Crippen LogP contribution in [0.15, 0.2) is 36.5 Å². The van der Waals surface area contributed by atoms with E-state index in [2.05, 4.69) is 53.7 Å². The molecule has 0 bridgehead atoms. The van der Waals surface area contributed by atoms with E-state index in [1.54, 1.807) is 6.20 Å². The third-order valence-electron chi connectivity index (χ3n) is 2.69. The van der Waals surface area contributed by atoms with Crippen molar-refractivity contribution in [3.05, 3.63) is 42.1 Å². The molecule has 17 heavy (non-hydrogen) atoms. The van der Waals surface area contributed by atoms with E-state index in [0.717, 1.165) is 11.1 Å². The first kappa shape index (κ1) is 11.5. The van der Waals surface area contributed by atoms with E-state index in [-0.39, 0.29) is 0 Å². The lowest BCUT2D eigenvalue weighted by atomic mass is 9.98. The van der Waals surface area contributed by atoms with E-state index in [1.807, 2.05) is 6.07 Å². The van der Waals surface area contributed by atoms with Gasteiger partial charge in [-0.3, -0.25) is 0 Å². The van der Waals surface area contributed by atoms with E-state index in [0.29, 0.717) is 11.7 Å². The summed E-state index contributed by atoms with van der Waals surface area (Å²) in [7, 11) is 0. The Balaban J connectivity index is 2.41. The summed E-state index contributed by atoms with van der Waals surface area (Å²) in [6.45, 7) is 4.35. The zero-order valence-electron chi connectivity index (χ0n) is 10.0. The van der Waals surface area contributed by atoms with Crippen molar-refractivity contribution in [2.24, 2.45) is 5.84 Å². The van der Waals surface area contributed by atoms with Gasteiger partial charge >= 0.3 is 0 Å². The first-order valence-electron chi connectivity index (χ1n) is 5.60. The number of hydrogen-bond acceptors (Lipinski definition) is 4. The molecule has 1 heterocycles. The summed E-state index contributed by atoms with van der Waals surface area (Å²) >= 11 is 0. The molecule has 2 aromatic rings. The van der Waals surface area contributed by atoms with Crippen molar-refractivity contribution < 1.29 is 0 Å². The third kappa shape index (κ3) is 2.60. The van der Waals surface area contributed by atoms with Crippen LogP contribution in [0.2, 0.25) is 0 Å². The summed E-state index contributed by atoms with van der Waals surface area (Å²) < 4.78 is 0. The number of nitrogens with one attached hydrogen (secondary N) is 1. The summed E-state index contributed by atoms with van der Waals surface area (Å²) in [5, 5.41) is 7.77. The summed E-state index contributed by atoms with van der Waals surface area (Å²) in [5.41, 5.74) is 5.94. The first-order valence-corrected chi connectivity index (χ1v) is 5.60. The average molecular weight is 228 g/mol. The predicted octanol–water partition coefficient (Wildman–Crippen LogP) is 2.55. The Morgan fingerprint density at radius 3 is 2.71 bits per heavy atom. The van der Waals surface area contributed by atoms with E-state index in [9.17, 15) is 0 Å². The van der Waals surface area contributed by atoms with Crippen LogP contribution < -0.4 is 11.3 Å². The van der Waals surface area contributed by atoms with Crippen LogP contribution in [0.4, 0.5) is 5.82 Å². The Labute approximate surface area is 101 Å². The van der Waals surface area contributed by atoms with Gasteiger partial charge in [-0.1, -0.05) is 38.1 Å². The van der Waals surface area contributed by atoms with Crippen molar-refractivity contribution >= 4 is 5.82 Å². The number of nitrogens with two attached hydrogens (primary N) is 1. The number of anilines is 1. The van der Waals surface area contributed by atoms with Crippen LogP contribution in [-0.4, -0.2) is 10.2 Å². The van der Waals surface area contributed by atoms with Crippen LogP contribution in [-0.2, 0) is 0 Å². The van der Waals surface area contributed by atoms with Gasteiger partial charge in [-0.05, 0) is 23.1 Å². The van der Waals surface area contributed by atoms with Crippen LogP contribution in [0.25, 0.3) is 11.1 Å². The molecule has 0 saturated carbocycles. The van der Waals surface area contributed by atoms with E-state index < -0.39 is 0 Å². The SMILES string of the molecule is CC(C)c1cccc(-c2cnnc(NN)c2)c1. The molecule has 0 aliphatic heterocycles. The second-order valence-corrected chi connectivity index (χ2v) is 4.25. The van der Waals surface area contributed by atoms with Crippen LogP contribution in [0, 0.1) is 0 Å². The van der Waals surface area contributed by atoms with Gasteiger partial charge in [0.15, 0.2) is 5.82 Å². The smallest absolute Gasteiger partial charge is 0.163 e. The highest BCUT2D eigenvalue weighted by atomic mass is 15.3. The van der Waals surface area contributed by atoms with Gasteiger partial charge in [-0.2, -0.15) is 5.10 Å². The third-order valence-corrected chi connectivity index (χ3v) is 2.69. The van der Waals surface area contributed by atoms with Gasteiger partial charge in [0.25, 0.3) is 0 Å². The Kier molecular flexibility index (Phi) is 3.35. The fraction of sp³-hybridized carbons (Fsp3) is 0.231. The number of rotatable bonds is 3. The molecule has 1 aromatic carbocycles. The Morgan fingerprint density at radius 2 is 2.00 bits per heavy atom. The number of nitrogen functional groups attached to an aromatic ring is 1. The first-order chi connectivity index (χ1) is 8.20. The maximum Gasteiger partial charge on any atom is 0.163 e. The van der Waals surface area contributed by atoms with Gasteiger partial charge in [0, 0.05) is 5.56 Å².